The summed E-state index contributed by atoms with van der Waals surface area (Å²) < 4.78 is 6.26. The molecule has 8 rings (SSSR count). The average Bonchev–Trinajstić information content (AvgIpc) is 2.78. The first-order valence-corrected chi connectivity index (χ1v) is 12.0. The lowest BCUT2D eigenvalue weighted by molar-refractivity contribution is -0.164. The number of carbonyl (C=O) groups excluding carboxylic acids is 1. The van der Waals surface area contributed by atoms with E-state index in [0.29, 0.717) is 0 Å². The van der Waals surface area contributed by atoms with E-state index in [1.54, 1.807) is 0 Å². The molecule has 0 atom stereocenters. The van der Waals surface area contributed by atoms with Crippen molar-refractivity contribution in [3.05, 3.63) is 65.7 Å². The molecular formula is C29H28O2. The van der Waals surface area contributed by atoms with Gasteiger partial charge < -0.3 is 4.74 Å². The second kappa shape index (κ2) is 6.45. The number of allylic oxidation sites excluding steroid dienone is 1. The molecule has 0 aliphatic heterocycles. The Labute approximate surface area is 183 Å². The predicted molar refractivity (Wildman–Crippen MR) is 124 cm³/mol. The van der Waals surface area contributed by atoms with Crippen LogP contribution in [0.3, 0.4) is 0 Å². The van der Waals surface area contributed by atoms with Crippen molar-refractivity contribution in [2.75, 3.05) is 0 Å². The normalized spacial score (nSPS) is 31.0. The summed E-state index contributed by atoms with van der Waals surface area (Å²) in [5.74, 6) is 3.12. The van der Waals surface area contributed by atoms with Crippen LogP contribution in [0.5, 0.6) is 0 Å². The second-order valence-electron chi connectivity index (χ2n) is 10.7. The number of fused-ring (bicyclic) bond motifs is 5. The highest BCUT2D eigenvalue weighted by atomic mass is 16.5. The third-order valence-electron chi connectivity index (χ3n) is 8.70. The van der Waals surface area contributed by atoms with E-state index in [4.69, 9.17) is 4.74 Å². The van der Waals surface area contributed by atoms with E-state index in [2.05, 4.69) is 54.6 Å². The maximum absolute atomic E-state index is 13.6. The van der Waals surface area contributed by atoms with Gasteiger partial charge >= 0.3 is 5.97 Å². The molecule has 2 heteroatoms. The summed E-state index contributed by atoms with van der Waals surface area (Å²) in [5.41, 5.74) is 2.24. The van der Waals surface area contributed by atoms with Crippen LogP contribution >= 0.6 is 0 Å². The third kappa shape index (κ3) is 2.67. The van der Waals surface area contributed by atoms with Crippen molar-refractivity contribution in [3.63, 3.8) is 0 Å². The van der Waals surface area contributed by atoms with Gasteiger partial charge in [-0.1, -0.05) is 48.5 Å². The van der Waals surface area contributed by atoms with E-state index < -0.39 is 0 Å². The number of aryl methyl sites for hydroxylation is 1. The van der Waals surface area contributed by atoms with Gasteiger partial charge in [-0.3, -0.25) is 4.79 Å². The summed E-state index contributed by atoms with van der Waals surface area (Å²) in [6, 6.07) is 17.5. The van der Waals surface area contributed by atoms with Crippen molar-refractivity contribution in [1.29, 1.82) is 0 Å². The highest BCUT2D eigenvalue weighted by Crippen LogP contribution is 2.60. The summed E-state index contributed by atoms with van der Waals surface area (Å²) in [5, 5.41) is 5.16. The number of benzene rings is 3. The van der Waals surface area contributed by atoms with Crippen LogP contribution in [0.25, 0.3) is 27.3 Å². The number of ether oxygens (including phenoxy) is 1. The molecule has 3 aromatic carbocycles. The smallest absolute Gasteiger partial charge is 0.317 e. The van der Waals surface area contributed by atoms with Crippen LogP contribution in [0, 0.1) is 23.2 Å². The quantitative estimate of drug-likeness (QED) is 0.336. The van der Waals surface area contributed by atoms with Gasteiger partial charge in [0.2, 0.25) is 0 Å². The molecule has 4 fully saturated rings. The van der Waals surface area contributed by atoms with Gasteiger partial charge in [-0.15, -0.1) is 0 Å². The Morgan fingerprint density at radius 3 is 2.29 bits per heavy atom. The summed E-state index contributed by atoms with van der Waals surface area (Å²) in [7, 11) is 0. The van der Waals surface area contributed by atoms with Gasteiger partial charge in [-0.25, -0.2) is 0 Å². The Bertz CT molecular complexity index is 1230. The lowest BCUT2D eigenvalue weighted by atomic mass is 9.49. The van der Waals surface area contributed by atoms with Crippen LogP contribution in [0.1, 0.15) is 56.1 Å². The van der Waals surface area contributed by atoms with E-state index >= 15 is 0 Å². The molecule has 5 aliphatic rings. The monoisotopic (exact) mass is 408 g/mol. The van der Waals surface area contributed by atoms with Gasteiger partial charge in [0, 0.05) is 5.56 Å². The molecule has 0 radical (unpaired) electrons. The van der Waals surface area contributed by atoms with Crippen molar-refractivity contribution in [1.82, 2.24) is 0 Å². The summed E-state index contributed by atoms with van der Waals surface area (Å²) >= 11 is 0. The molecule has 0 unspecified atom stereocenters. The van der Waals surface area contributed by atoms with Crippen LogP contribution in [-0.4, -0.2) is 5.97 Å². The number of hydrogen-bond acceptors (Lipinski definition) is 2. The fourth-order valence-corrected chi connectivity index (χ4v) is 7.77. The summed E-state index contributed by atoms with van der Waals surface area (Å²) in [6.45, 7) is 0. The minimum absolute atomic E-state index is 0.0595. The molecule has 0 heterocycles. The maximum atomic E-state index is 13.6. The first-order valence-electron chi connectivity index (χ1n) is 12.0. The SMILES string of the molecule is O=C(OC1=CCCc2c1ccc1c2ccc2ccccc21)C12CC3CC(CC(C3)C1)C2. The summed E-state index contributed by atoms with van der Waals surface area (Å²) in [6.07, 6.45) is 11.3. The van der Waals surface area contributed by atoms with E-state index in [1.165, 1.54) is 46.4 Å². The number of rotatable bonds is 2. The number of esters is 1. The van der Waals surface area contributed by atoms with Crippen molar-refractivity contribution in [2.24, 2.45) is 23.2 Å². The number of hydrogen-bond donors (Lipinski definition) is 0. The Balaban J connectivity index is 1.25. The molecule has 0 spiro atoms. The zero-order valence-electron chi connectivity index (χ0n) is 17.9. The number of carbonyl (C=O) groups is 1. The Morgan fingerprint density at radius 2 is 1.52 bits per heavy atom. The molecule has 4 bridgehead atoms. The zero-order chi connectivity index (χ0) is 20.6. The van der Waals surface area contributed by atoms with Gasteiger partial charge in [0.1, 0.15) is 5.76 Å². The van der Waals surface area contributed by atoms with Crippen LogP contribution in [0.15, 0.2) is 54.6 Å². The van der Waals surface area contributed by atoms with Crippen LogP contribution in [0.4, 0.5) is 0 Å². The van der Waals surface area contributed by atoms with Crippen LogP contribution in [-0.2, 0) is 16.0 Å². The minimum atomic E-state index is -0.208. The first-order chi connectivity index (χ1) is 15.2. The van der Waals surface area contributed by atoms with Crippen molar-refractivity contribution in [2.45, 2.75) is 51.4 Å². The maximum Gasteiger partial charge on any atom is 0.317 e. The molecule has 31 heavy (non-hydrogen) atoms. The van der Waals surface area contributed by atoms with Crippen molar-refractivity contribution < 1.29 is 9.53 Å². The molecule has 2 nitrogen and oxygen atoms in total. The second-order valence-corrected chi connectivity index (χ2v) is 10.7. The van der Waals surface area contributed by atoms with E-state index in [1.807, 2.05) is 0 Å². The largest absolute Gasteiger partial charge is 0.426 e. The Hall–Kier alpha value is -2.61. The average molecular weight is 409 g/mol. The van der Waals surface area contributed by atoms with E-state index in [0.717, 1.165) is 61.2 Å². The Morgan fingerprint density at radius 1 is 0.806 bits per heavy atom. The van der Waals surface area contributed by atoms with Crippen LogP contribution in [0.2, 0.25) is 0 Å². The molecule has 0 aromatic heterocycles. The fourth-order valence-electron chi connectivity index (χ4n) is 7.77. The zero-order valence-corrected chi connectivity index (χ0v) is 17.9. The molecule has 0 amide bonds. The summed E-state index contributed by atoms with van der Waals surface area (Å²) in [4.78, 5) is 13.6. The molecule has 156 valence electrons. The molecule has 5 aliphatic carbocycles. The molecule has 0 saturated heterocycles. The van der Waals surface area contributed by atoms with Gasteiger partial charge in [-0.2, -0.15) is 0 Å². The van der Waals surface area contributed by atoms with Crippen molar-refractivity contribution >= 4 is 33.3 Å². The van der Waals surface area contributed by atoms with Gasteiger partial charge in [-0.05, 0) is 102 Å². The van der Waals surface area contributed by atoms with E-state index in [9.17, 15) is 4.79 Å². The van der Waals surface area contributed by atoms with Gasteiger partial charge in [0.25, 0.3) is 0 Å². The lowest BCUT2D eigenvalue weighted by Gasteiger charge is -2.55. The predicted octanol–water partition coefficient (Wildman–Crippen LogP) is 7.04. The molecule has 4 saturated carbocycles. The van der Waals surface area contributed by atoms with Gasteiger partial charge in [0.05, 0.1) is 5.41 Å². The molecular weight excluding hydrogens is 380 g/mol. The van der Waals surface area contributed by atoms with Gasteiger partial charge in [0.15, 0.2) is 0 Å². The highest BCUT2D eigenvalue weighted by molar-refractivity contribution is 6.09. The lowest BCUT2D eigenvalue weighted by Crippen LogP contribution is -2.50. The van der Waals surface area contributed by atoms with Crippen molar-refractivity contribution in [3.8, 4) is 0 Å². The van der Waals surface area contributed by atoms with Crippen LogP contribution < -0.4 is 0 Å². The fraction of sp³-hybridized carbons (Fsp3) is 0.414. The first kappa shape index (κ1) is 18.0. The molecule has 0 N–H and O–H groups in total. The minimum Gasteiger partial charge on any atom is -0.426 e. The highest BCUT2D eigenvalue weighted by Gasteiger charge is 2.55. The third-order valence-corrected chi connectivity index (χ3v) is 8.70. The standard InChI is InChI=1S/C29H28O2/c30-28(29-15-18-12-19(16-29)14-20(13-18)17-29)31-27-7-3-6-23-25-9-8-21-4-1-2-5-22(21)24(25)10-11-26(23)27/h1-2,4-5,7-11,18-20H,3,6,12-17H2. The topological polar surface area (TPSA) is 26.3 Å². The van der Waals surface area contributed by atoms with E-state index in [-0.39, 0.29) is 11.4 Å². The molecule has 3 aromatic rings. The Kier molecular flexibility index (Phi) is 3.75.